The number of anilines is 1. The van der Waals surface area contributed by atoms with Gasteiger partial charge in [-0.25, -0.2) is 8.78 Å². The molecule has 0 saturated heterocycles. The lowest BCUT2D eigenvalue weighted by molar-refractivity contribution is -0.121. The predicted octanol–water partition coefficient (Wildman–Crippen LogP) is 3.48. The van der Waals surface area contributed by atoms with Crippen LogP contribution < -0.4 is 11.1 Å². The second-order valence-corrected chi connectivity index (χ2v) is 6.77. The third-order valence-electron chi connectivity index (χ3n) is 3.64. The maximum Gasteiger partial charge on any atom is 0.233 e. The Hall–Kier alpha value is -1.30. The van der Waals surface area contributed by atoms with E-state index in [1.54, 1.807) is 6.92 Å². The van der Waals surface area contributed by atoms with E-state index in [0.29, 0.717) is 0 Å². The highest BCUT2D eigenvalue weighted by atomic mass is 32.2. The van der Waals surface area contributed by atoms with E-state index in [2.05, 4.69) is 5.32 Å². The molecule has 1 aliphatic carbocycles. The van der Waals surface area contributed by atoms with Crippen LogP contribution in [0.5, 0.6) is 0 Å². The molecule has 2 rings (SSSR count). The van der Waals surface area contributed by atoms with E-state index in [1.807, 2.05) is 0 Å². The van der Waals surface area contributed by atoms with Crippen LogP contribution in [0.15, 0.2) is 17.0 Å². The highest BCUT2D eigenvalue weighted by molar-refractivity contribution is 8.00. The Morgan fingerprint density at radius 3 is 2.43 bits per heavy atom. The van der Waals surface area contributed by atoms with Gasteiger partial charge in [-0.15, -0.1) is 11.8 Å². The molecule has 0 bridgehead atoms. The van der Waals surface area contributed by atoms with Gasteiger partial charge < -0.3 is 11.1 Å². The van der Waals surface area contributed by atoms with Crippen molar-refractivity contribution in [3.8, 4) is 0 Å². The molecule has 1 saturated carbocycles. The predicted molar refractivity (Wildman–Crippen MR) is 81.1 cm³/mol. The van der Waals surface area contributed by atoms with E-state index >= 15 is 0 Å². The second-order valence-electron chi connectivity index (χ2n) is 5.42. The van der Waals surface area contributed by atoms with Gasteiger partial charge in [0.05, 0.1) is 10.1 Å². The van der Waals surface area contributed by atoms with Gasteiger partial charge in [-0.2, -0.15) is 0 Å². The lowest BCUT2D eigenvalue weighted by Gasteiger charge is -2.24. The molecule has 3 nitrogen and oxygen atoms in total. The number of rotatable bonds is 4. The number of nitrogens with one attached hydrogen (secondary N) is 1. The van der Waals surface area contributed by atoms with Crippen molar-refractivity contribution in [1.82, 2.24) is 5.32 Å². The minimum absolute atomic E-state index is 0.0358. The summed E-state index contributed by atoms with van der Waals surface area (Å²) >= 11 is 0.885. The Morgan fingerprint density at radius 1 is 1.29 bits per heavy atom. The van der Waals surface area contributed by atoms with Crippen molar-refractivity contribution in [2.75, 3.05) is 5.73 Å². The Labute approximate surface area is 127 Å². The zero-order chi connectivity index (χ0) is 15.4. The number of thioether (sulfide) groups is 1. The summed E-state index contributed by atoms with van der Waals surface area (Å²) in [7, 11) is 0. The molecule has 1 aromatic carbocycles. The maximum atomic E-state index is 13.7. The lowest BCUT2D eigenvalue weighted by Crippen LogP contribution is -2.40. The molecule has 0 aliphatic heterocycles. The third kappa shape index (κ3) is 4.33. The summed E-state index contributed by atoms with van der Waals surface area (Å²) in [4.78, 5) is 11.9. The van der Waals surface area contributed by atoms with Crippen LogP contribution in [0.1, 0.15) is 39.0 Å². The third-order valence-corrected chi connectivity index (χ3v) is 4.83. The SMILES string of the molecule is CC(Sc1c(F)cc(N)cc1F)C(=O)NC1CCCCC1. The quantitative estimate of drug-likeness (QED) is 0.661. The number of halogens is 2. The van der Waals surface area contributed by atoms with Gasteiger partial charge in [0, 0.05) is 11.7 Å². The van der Waals surface area contributed by atoms with Crippen molar-refractivity contribution in [2.24, 2.45) is 0 Å². The van der Waals surface area contributed by atoms with E-state index in [1.165, 1.54) is 6.42 Å². The average Bonchev–Trinajstić information content (AvgIpc) is 2.43. The van der Waals surface area contributed by atoms with Crippen molar-refractivity contribution in [2.45, 2.75) is 55.2 Å². The van der Waals surface area contributed by atoms with Crippen LogP contribution in [-0.4, -0.2) is 17.2 Å². The topological polar surface area (TPSA) is 55.1 Å². The Morgan fingerprint density at radius 2 is 1.86 bits per heavy atom. The Balaban J connectivity index is 1.97. The summed E-state index contributed by atoms with van der Waals surface area (Å²) in [6.45, 7) is 1.65. The zero-order valence-electron chi connectivity index (χ0n) is 12.0. The van der Waals surface area contributed by atoms with E-state index in [9.17, 15) is 13.6 Å². The average molecular weight is 314 g/mol. The number of carbonyl (C=O) groups excluding carboxylic acids is 1. The summed E-state index contributed by atoms with van der Waals surface area (Å²) < 4.78 is 27.4. The number of hydrogen-bond acceptors (Lipinski definition) is 3. The number of nitrogen functional groups attached to an aromatic ring is 1. The first-order valence-corrected chi connectivity index (χ1v) is 8.07. The van der Waals surface area contributed by atoms with Crippen molar-refractivity contribution in [3.05, 3.63) is 23.8 Å². The number of amides is 1. The smallest absolute Gasteiger partial charge is 0.233 e. The maximum absolute atomic E-state index is 13.7. The molecular formula is C15H20F2N2OS. The molecule has 1 atom stereocenters. The molecule has 3 N–H and O–H groups in total. The molecule has 116 valence electrons. The van der Waals surface area contributed by atoms with Crippen LogP contribution in [0.2, 0.25) is 0 Å². The largest absolute Gasteiger partial charge is 0.399 e. The molecule has 1 amide bonds. The Kier molecular flexibility index (Phi) is 5.45. The van der Waals surface area contributed by atoms with Crippen molar-refractivity contribution in [3.63, 3.8) is 0 Å². The van der Waals surface area contributed by atoms with Gasteiger partial charge in [0.1, 0.15) is 11.6 Å². The monoisotopic (exact) mass is 314 g/mol. The minimum Gasteiger partial charge on any atom is -0.399 e. The van der Waals surface area contributed by atoms with Gasteiger partial charge in [0.15, 0.2) is 0 Å². The summed E-state index contributed by atoms with van der Waals surface area (Å²) in [5.74, 6) is -1.63. The summed E-state index contributed by atoms with van der Waals surface area (Å²) in [6, 6.07) is 2.32. The van der Waals surface area contributed by atoms with Crippen molar-refractivity contribution < 1.29 is 13.6 Å². The van der Waals surface area contributed by atoms with Crippen LogP contribution in [-0.2, 0) is 4.79 Å². The first-order chi connectivity index (χ1) is 9.97. The van der Waals surface area contributed by atoms with Crippen LogP contribution >= 0.6 is 11.8 Å². The summed E-state index contributed by atoms with van der Waals surface area (Å²) in [5.41, 5.74) is 5.41. The van der Waals surface area contributed by atoms with Gasteiger partial charge in [0.25, 0.3) is 0 Å². The molecule has 21 heavy (non-hydrogen) atoms. The lowest BCUT2D eigenvalue weighted by atomic mass is 9.95. The van der Waals surface area contributed by atoms with Crippen LogP contribution in [0.25, 0.3) is 0 Å². The minimum atomic E-state index is -0.727. The fraction of sp³-hybridized carbons (Fsp3) is 0.533. The summed E-state index contributed by atoms with van der Waals surface area (Å²) in [6.07, 6.45) is 5.40. The number of benzene rings is 1. The first kappa shape index (κ1) is 16.1. The highest BCUT2D eigenvalue weighted by Crippen LogP contribution is 2.30. The normalized spacial score (nSPS) is 17.5. The van der Waals surface area contributed by atoms with Gasteiger partial charge in [-0.05, 0) is 31.9 Å². The summed E-state index contributed by atoms with van der Waals surface area (Å²) in [5, 5.41) is 2.40. The molecule has 1 fully saturated rings. The van der Waals surface area contributed by atoms with Gasteiger partial charge >= 0.3 is 0 Å². The Bertz CT molecular complexity index is 495. The number of carbonyl (C=O) groups is 1. The molecule has 0 spiro atoms. The van der Waals surface area contributed by atoms with Crippen LogP contribution in [0, 0.1) is 11.6 Å². The molecule has 1 aromatic rings. The second kappa shape index (κ2) is 7.11. The highest BCUT2D eigenvalue weighted by Gasteiger charge is 2.22. The van der Waals surface area contributed by atoms with Gasteiger partial charge in [-0.1, -0.05) is 19.3 Å². The van der Waals surface area contributed by atoms with Crippen molar-refractivity contribution in [1.29, 1.82) is 0 Å². The molecule has 6 heteroatoms. The van der Waals surface area contributed by atoms with Gasteiger partial charge in [-0.3, -0.25) is 4.79 Å². The van der Waals surface area contributed by atoms with E-state index in [4.69, 9.17) is 5.73 Å². The van der Waals surface area contributed by atoms with E-state index in [0.717, 1.165) is 49.6 Å². The van der Waals surface area contributed by atoms with Crippen molar-refractivity contribution >= 4 is 23.4 Å². The van der Waals surface area contributed by atoms with Crippen LogP contribution in [0.4, 0.5) is 14.5 Å². The number of hydrogen-bond donors (Lipinski definition) is 2. The van der Waals surface area contributed by atoms with Crippen LogP contribution in [0.3, 0.4) is 0 Å². The first-order valence-electron chi connectivity index (χ1n) is 7.19. The molecule has 0 radical (unpaired) electrons. The molecule has 0 heterocycles. The van der Waals surface area contributed by atoms with E-state index < -0.39 is 16.9 Å². The fourth-order valence-electron chi connectivity index (χ4n) is 2.49. The molecule has 1 aliphatic rings. The number of nitrogens with two attached hydrogens (primary N) is 1. The standard InChI is InChI=1S/C15H20F2N2OS/c1-9(15(20)19-11-5-3-2-4-6-11)21-14-12(16)7-10(18)8-13(14)17/h7-9,11H,2-6,18H2,1H3,(H,19,20). The molecule has 0 aromatic heterocycles. The molecule has 1 unspecified atom stereocenters. The van der Waals surface area contributed by atoms with Gasteiger partial charge in [0.2, 0.25) is 5.91 Å². The van der Waals surface area contributed by atoms with E-state index in [-0.39, 0.29) is 22.5 Å². The zero-order valence-corrected chi connectivity index (χ0v) is 12.8. The molecular weight excluding hydrogens is 294 g/mol. The fourth-order valence-corrected chi connectivity index (χ4v) is 3.36.